The Labute approximate surface area is 119 Å². The van der Waals surface area contributed by atoms with E-state index in [1.807, 2.05) is 0 Å². The van der Waals surface area contributed by atoms with Gasteiger partial charge in [-0.25, -0.2) is 0 Å². The van der Waals surface area contributed by atoms with Gasteiger partial charge in [-0.05, 0) is 28.8 Å². The number of benzene rings is 2. The Balaban J connectivity index is 1.85. The number of rotatable bonds is 1. The summed E-state index contributed by atoms with van der Waals surface area (Å²) in [5.41, 5.74) is 6.57. The van der Waals surface area contributed by atoms with E-state index in [4.69, 9.17) is 0 Å². The predicted molar refractivity (Wildman–Crippen MR) is 83.5 cm³/mol. The molecule has 4 rings (SSSR count). The van der Waals surface area contributed by atoms with Crippen LogP contribution in [-0.4, -0.2) is 4.90 Å². The Morgan fingerprint density at radius 2 is 1.65 bits per heavy atom. The van der Waals surface area contributed by atoms with Crippen molar-refractivity contribution in [2.75, 3.05) is 0 Å². The van der Waals surface area contributed by atoms with Crippen molar-refractivity contribution < 1.29 is 0 Å². The highest BCUT2D eigenvalue weighted by Crippen LogP contribution is 2.35. The fourth-order valence-corrected chi connectivity index (χ4v) is 2.87. The Morgan fingerprint density at radius 1 is 0.850 bits per heavy atom. The Bertz CT molecular complexity index is 735. The van der Waals surface area contributed by atoms with Gasteiger partial charge in [-0.1, -0.05) is 60.7 Å². The van der Waals surface area contributed by atoms with E-state index in [-0.39, 0.29) is 0 Å². The van der Waals surface area contributed by atoms with Crippen LogP contribution in [-0.2, 0) is 6.54 Å². The fourth-order valence-electron chi connectivity index (χ4n) is 2.87. The highest BCUT2D eigenvalue weighted by atomic mass is 15.1. The molecule has 0 unspecified atom stereocenters. The molecule has 0 saturated heterocycles. The summed E-state index contributed by atoms with van der Waals surface area (Å²) < 4.78 is 0. The van der Waals surface area contributed by atoms with Gasteiger partial charge in [-0.3, -0.25) is 0 Å². The first-order valence-electron chi connectivity index (χ1n) is 6.92. The van der Waals surface area contributed by atoms with E-state index in [2.05, 4.69) is 83.9 Å². The van der Waals surface area contributed by atoms with Crippen molar-refractivity contribution in [2.45, 2.75) is 6.54 Å². The van der Waals surface area contributed by atoms with Crippen LogP contribution in [0, 0.1) is 0 Å². The second-order valence-electron chi connectivity index (χ2n) is 5.14. The van der Waals surface area contributed by atoms with Gasteiger partial charge in [0, 0.05) is 24.0 Å². The zero-order valence-electron chi connectivity index (χ0n) is 11.2. The average Bonchev–Trinajstić information content (AvgIpc) is 2.53. The summed E-state index contributed by atoms with van der Waals surface area (Å²) in [4.78, 5) is 2.32. The summed E-state index contributed by atoms with van der Waals surface area (Å²) >= 11 is 0. The highest BCUT2D eigenvalue weighted by molar-refractivity contribution is 5.87. The van der Waals surface area contributed by atoms with Crippen LogP contribution in [0.15, 0.2) is 78.6 Å². The van der Waals surface area contributed by atoms with Crippen molar-refractivity contribution in [2.24, 2.45) is 0 Å². The first kappa shape index (κ1) is 11.3. The van der Waals surface area contributed by atoms with Gasteiger partial charge in [0.05, 0.1) is 0 Å². The zero-order chi connectivity index (χ0) is 13.4. The van der Waals surface area contributed by atoms with Crippen LogP contribution in [0.25, 0.3) is 11.6 Å². The lowest BCUT2D eigenvalue weighted by Crippen LogP contribution is -2.22. The lowest BCUT2D eigenvalue weighted by atomic mass is 9.93. The molecule has 0 N–H and O–H groups in total. The fraction of sp³-hybridized carbons (Fsp3) is 0.0526. The van der Waals surface area contributed by atoms with Crippen LogP contribution in [0.5, 0.6) is 0 Å². The molecule has 2 aliphatic heterocycles. The molecule has 2 heterocycles. The second-order valence-corrected chi connectivity index (χ2v) is 5.14. The van der Waals surface area contributed by atoms with Gasteiger partial charge in [-0.15, -0.1) is 0 Å². The molecule has 0 spiro atoms. The summed E-state index contributed by atoms with van der Waals surface area (Å²) in [7, 11) is 0. The molecule has 2 aliphatic rings. The number of fused-ring (bicyclic) bond motifs is 2. The van der Waals surface area contributed by atoms with Crippen LogP contribution >= 0.6 is 0 Å². The van der Waals surface area contributed by atoms with Crippen LogP contribution in [0.2, 0.25) is 0 Å². The zero-order valence-corrected chi connectivity index (χ0v) is 11.2. The van der Waals surface area contributed by atoms with Crippen molar-refractivity contribution in [3.8, 4) is 0 Å². The topological polar surface area (TPSA) is 3.24 Å². The summed E-state index contributed by atoms with van der Waals surface area (Å²) in [6.07, 6.45) is 8.79. The predicted octanol–water partition coefficient (Wildman–Crippen LogP) is 4.45. The number of allylic oxidation sites excluding steroid dienone is 3. The Hall–Kier alpha value is -2.54. The molecular weight excluding hydrogens is 242 g/mol. The van der Waals surface area contributed by atoms with Crippen molar-refractivity contribution in [1.82, 2.24) is 4.90 Å². The van der Waals surface area contributed by atoms with E-state index in [1.54, 1.807) is 0 Å². The SMILES string of the molecule is C1=CN2Cc3ccccc3C=C2C(c2ccccc2)=C1. The monoisotopic (exact) mass is 257 g/mol. The van der Waals surface area contributed by atoms with Crippen molar-refractivity contribution >= 4 is 11.6 Å². The van der Waals surface area contributed by atoms with Gasteiger partial charge in [-0.2, -0.15) is 0 Å². The molecule has 2 aromatic rings. The third kappa shape index (κ3) is 1.79. The largest absolute Gasteiger partial charge is 0.343 e. The van der Waals surface area contributed by atoms with Gasteiger partial charge in [0.1, 0.15) is 0 Å². The molecule has 0 amide bonds. The van der Waals surface area contributed by atoms with E-state index in [0.717, 1.165) is 6.54 Å². The third-order valence-electron chi connectivity index (χ3n) is 3.89. The van der Waals surface area contributed by atoms with Gasteiger partial charge in [0.2, 0.25) is 0 Å². The number of hydrogen-bond acceptors (Lipinski definition) is 1. The lowest BCUT2D eigenvalue weighted by molar-refractivity contribution is 0.471. The van der Waals surface area contributed by atoms with Crippen molar-refractivity contribution in [3.63, 3.8) is 0 Å². The van der Waals surface area contributed by atoms with Crippen LogP contribution in [0.3, 0.4) is 0 Å². The second kappa shape index (κ2) is 4.53. The van der Waals surface area contributed by atoms with Gasteiger partial charge >= 0.3 is 0 Å². The highest BCUT2D eigenvalue weighted by Gasteiger charge is 2.21. The molecule has 0 radical (unpaired) electrons. The molecule has 0 fully saturated rings. The maximum Gasteiger partial charge on any atom is 0.0495 e. The molecule has 2 aromatic carbocycles. The van der Waals surface area contributed by atoms with E-state index < -0.39 is 0 Å². The van der Waals surface area contributed by atoms with Crippen LogP contribution in [0.4, 0.5) is 0 Å². The first-order chi connectivity index (χ1) is 9.92. The molecule has 0 aliphatic carbocycles. The third-order valence-corrected chi connectivity index (χ3v) is 3.89. The summed E-state index contributed by atoms with van der Waals surface area (Å²) in [5.74, 6) is 0. The Morgan fingerprint density at radius 3 is 2.55 bits per heavy atom. The standard InChI is InChI=1S/C19H15N/c1-2-7-15(8-3-1)18-11-6-12-20-14-17-10-5-4-9-16(17)13-19(18)20/h1-13H,14H2. The van der Waals surface area contributed by atoms with E-state index in [9.17, 15) is 0 Å². The summed E-state index contributed by atoms with van der Waals surface area (Å²) in [6.45, 7) is 0.947. The molecule has 1 nitrogen and oxygen atoms in total. The normalized spacial score (nSPS) is 16.1. The minimum atomic E-state index is 0.947. The smallest absolute Gasteiger partial charge is 0.0495 e. The number of nitrogens with zero attached hydrogens (tertiary/aromatic N) is 1. The van der Waals surface area contributed by atoms with Crippen molar-refractivity contribution in [3.05, 3.63) is 95.3 Å². The first-order valence-corrected chi connectivity index (χ1v) is 6.92. The molecule has 0 atom stereocenters. The van der Waals surface area contributed by atoms with Crippen molar-refractivity contribution in [1.29, 1.82) is 0 Å². The van der Waals surface area contributed by atoms with E-state index >= 15 is 0 Å². The van der Waals surface area contributed by atoms with Gasteiger partial charge in [0.25, 0.3) is 0 Å². The molecule has 0 bridgehead atoms. The summed E-state index contributed by atoms with van der Waals surface area (Å²) in [5, 5.41) is 0. The molecular formula is C19H15N. The maximum atomic E-state index is 2.32. The van der Waals surface area contributed by atoms with Crippen LogP contribution in [0.1, 0.15) is 16.7 Å². The molecule has 1 heteroatoms. The molecule has 0 aromatic heterocycles. The quantitative estimate of drug-likeness (QED) is 0.729. The maximum absolute atomic E-state index is 2.32. The molecule has 96 valence electrons. The average molecular weight is 257 g/mol. The minimum Gasteiger partial charge on any atom is -0.343 e. The van der Waals surface area contributed by atoms with Gasteiger partial charge in [0.15, 0.2) is 0 Å². The number of hydrogen-bond donors (Lipinski definition) is 0. The summed E-state index contributed by atoms with van der Waals surface area (Å²) in [6, 6.07) is 19.2. The molecule has 0 saturated carbocycles. The van der Waals surface area contributed by atoms with E-state index in [0.29, 0.717) is 0 Å². The Kier molecular flexibility index (Phi) is 2.56. The van der Waals surface area contributed by atoms with Gasteiger partial charge < -0.3 is 4.90 Å². The lowest BCUT2D eigenvalue weighted by Gasteiger charge is -2.32. The minimum absolute atomic E-state index is 0.947. The van der Waals surface area contributed by atoms with Crippen LogP contribution < -0.4 is 0 Å². The molecule has 20 heavy (non-hydrogen) atoms. The van der Waals surface area contributed by atoms with E-state index in [1.165, 1.54) is 28.0 Å².